The Balaban J connectivity index is 2.09. The SMILES string of the molecule is CNC(=O)Nc1ccc(NC(=O)C(CC(C)C)NC(=O)c2ccc(Cl)cc2Cl)cc1. The molecule has 1 atom stereocenters. The molecule has 4 N–H and O–H groups in total. The van der Waals surface area contributed by atoms with Crippen molar-refractivity contribution in [3.63, 3.8) is 0 Å². The van der Waals surface area contributed by atoms with Gasteiger partial charge in [0.05, 0.1) is 10.6 Å². The van der Waals surface area contributed by atoms with Crippen LogP contribution in [0.5, 0.6) is 0 Å². The highest BCUT2D eigenvalue weighted by Gasteiger charge is 2.23. The molecule has 0 aliphatic carbocycles. The van der Waals surface area contributed by atoms with Crippen LogP contribution in [0.1, 0.15) is 30.6 Å². The van der Waals surface area contributed by atoms with Gasteiger partial charge in [0.25, 0.3) is 5.91 Å². The minimum absolute atomic E-state index is 0.167. The van der Waals surface area contributed by atoms with Crippen LogP contribution in [0.15, 0.2) is 42.5 Å². The largest absolute Gasteiger partial charge is 0.341 e. The van der Waals surface area contributed by atoms with E-state index in [4.69, 9.17) is 23.2 Å². The van der Waals surface area contributed by atoms with Gasteiger partial charge in [0, 0.05) is 23.4 Å². The van der Waals surface area contributed by atoms with Gasteiger partial charge in [-0.3, -0.25) is 9.59 Å². The second-order valence-electron chi connectivity index (χ2n) is 7.05. The lowest BCUT2D eigenvalue weighted by Gasteiger charge is -2.20. The molecule has 2 aromatic carbocycles. The molecule has 160 valence electrons. The fraction of sp³-hybridized carbons (Fsp3) is 0.286. The number of amides is 4. The predicted octanol–water partition coefficient (Wildman–Crippen LogP) is 4.53. The molecule has 4 amide bonds. The quantitative estimate of drug-likeness (QED) is 0.498. The van der Waals surface area contributed by atoms with E-state index in [0.717, 1.165) is 0 Å². The van der Waals surface area contributed by atoms with Gasteiger partial charge in [-0.25, -0.2) is 4.79 Å². The Kier molecular flexibility index (Phi) is 8.50. The molecule has 1 unspecified atom stereocenters. The van der Waals surface area contributed by atoms with Gasteiger partial charge in [0.15, 0.2) is 0 Å². The van der Waals surface area contributed by atoms with Crippen molar-refractivity contribution in [1.29, 1.82) is 0 Å². The van der Waals surface area contributed by atoms with Crippen LogP contribution in [0, 0.1) is 5.92 Å². The Hall–Kier alpha value is -2.77. The highest BCUT2D eigenvalue weighted by Crippen LogP contribution is 2.21. The van der Waals surface area contributed by atoms with Crippen molar-refractivity contribution < 1.29 is 14.4 Å². The molecule has 0 aliphatic heterocycles. The number of nitrogens with one attached hydrogen (secondary N) is 4. The minimum Gasteiger partial charge on any atom is -0.341 e. The lowest BCUT2D eigenvalue weighted by atomic mass is 10.0. The number of hydrogen-bond acceptors (Lipinski definition) is 3. The highest BCUT2D eigenvalue weighted by molar-refractivity contribution is 6.36. The summed E-state index contributed by atoms with van der Waals surface area (Å²) in [4.78, 5) is 36.8. The van der Waals surface area contributed by atoms with Gasteiger partial charge in [0.2, 0.25) is 5.91 Å². The molecular formula is C21H24Cl2N4O3. The maximum Gasteiger partial charge on any atom is 0.318 e. The van der Waals surface area contributed by atoms with E-state index in [1.165, 1.54) is 19.2 Å². The Morgan fingerprint density at radius 2 is 1.53 bits per heavy atom. The third-order valence-electron chi connectivity index (χ3n) is 4.14. The molecule has 2 rings (SSSR count). The molecule has 0 fully saturated rings. The number of carbonyl (C=O) groups excluding carboxylic acids is 3. The van der Waals surface area contributed by atoms with E-state index < -0.39 is 11.9 Å². The van der Waals surface area contributed by atoms with Crippen LogP contribution in [-0.4, -0.2) is 30.9 Å². The predicted molar refractivity (Wildman–Crippen MR) is 120 cm³/mol. The van der Waals surface area contributed by atoms with Gasteiger partial charge < -0.3 is 21.3 Å². The van der Waals surface area contributed by atoms with E-state index in [1.807, 2.05) is 13.8 Å². The maximum absolute atomic E-state index is 12.8. The highest BCUT2D eigenvalue weighted by atomic mass is 35.5. The molecule has 0 heterocycles. The lowest BCUT2D eigenvalue weighted by Crippen LogP contribution is -2.44. The summed E-state index contributed by atoms with van der Waals surface area (Å²) in [5.41, 5.74) is 1.36. The van der Waals surface area contributed by atoms with Crippen molar-refractivity contribution in [1.82, 2.24) is 10.6 Å². The smallest absolute Gasteiger partial charge is 0.318 e. The van der Waals surface area contributed by atoms with Gasteiger partial charge in [-0.2, -0.15) is 0 Å². The van der Waals surface area contributed by atoms with E-state index in [2.05, 4.69) is 21.3 Å². The van der Waals surface area contributed by atoms with Gasteiger partial charge in [-0.05, 0) is 54.8 Å². The van der Waals surface area contributed by atoms with E-state index in [1.54, 1.807) is 30.3 Å². The Morgan fingerprint density at radius 1 is 0.933 bits per heavy atom. The van der Waals surface area contributed by atoms with Crippen LogP contribution in [0.25, 0.3) is 0 Å². The maximum atomic E-state index is 12.8. The van der Waals surface area contributed by atoms with Crippen molar-refractivity contribution >= 4 is 52.4 Å². The summed E-state index contributed by atoms with van der Waals surface area (Å²) in [7, 11) is 1.52. The molecule has 2 aromatic rings. The molecule has 9 heteroatoms. The van der Waals surface area contributed by atoms with Crippen LogP contribution in [0.2, 0.25) is 10.0 Å². The molecule has 0 bridgehead atoms. The summed E-state index contributed by atoms with van der Waals surface area (Å²) in [6.45, 7) is 3.92. The molecule has 0 saturated heterocycles. The number of anilines is 2. The number of benzene rings is 2. The van der Waals surface area contributed by atoms with Crippen molar-refractivity contribution in [2.75, 3.05) is 17.7 Å². The summed E-state index contributed by atoms with van der Waals surface area (Å²) in [5, 5.41) is 11.3. The third kappa shape index (κ3) is 6.93. The van der Waals surface area contributed by atoms with Crippen LogP contribution in [0.3, 0.4) is 0 Å². The van der Waals surface area contributed by atoms with Crippen LogP contribution < -0.4 is 21.3 Å². The van der Waals surface area contributed by atoms with Crippen LogP contribution >= 0.6 is 23.2 Å². The first-order valence-corrected chi connectivity index (χ1v) is 10.1. The summed E-state index contributed by atoms with van der Waals surface area (Å²) in [6, 6.07) is 10.1. The van der Waals surface area contributed by atoms with Gasteiger partial charge in [-0.1, -0.05) is 37.0 Å². The Bertz CT molecular complexity index is 917. The summed E-state index contributed by atoms with van der Waals surface area (Å²) in [5.74, 6) is -0.641. The second kappa shape index (κ2) is 10.8. The topological polar surface area (TPSA) is 99.3 Å². The molecular weight excluding hydrogens is 427 g/mol. The van der Waals surface area contributed by atoms with Crippen molar-refractivity contribution in [2.24, 2.45) is 5.92 Å². The lowest BCUT2D eigenvalue weighted by molar-refractivity contribution is -0.118. The number of hydrogen-bond donors (Lipinski definition) is 4. The van der Waals surface area contributed by atoms with E-state index >= 15 is 0 Å². The van der Waals surface area contributed by atoms with E-state index in [9.17, 15) is 14.4 Å². The van der Waals surface area contributed by atoms with E-state index in [-0.39, 0.29) is 28.4 Å². The number of rotatable bonds is 7. The monoisotopic (exact) mass is 450 g/mol. The Morgan fingerprint density at radius 3 is 2.07 bits per heavy atom. The minimum atomic E-state index is -0.757. The van der Waals surface area contributed by atoms with Gasteiger partial charge in [-0.15, -0.1) is 0 Å². The van der Waals surface area contributed by atoms with Gasteiger partial charge >= 0.3 is 6.03 Å². The van der Waals surface area contributed by atoms with Crippen molar-refractivity contribution in [3.8, 4) is 0 Å². The molecule has 0 spiro atoms. The zero-order chi connectivity index (χ0) is 22.3. The van der Waals surface area contributed by atoms with Crippen LogP contribution in [-0.2, 0) is 4.79 Å². The molecule has 0 saturated carbocycles. The zero-order valence-electron chi connectivity index (χ0n) is 16.9. The number of urea groups is 1. The second-order valence-corrected chi connectivity index (χ2v) is 7.89. The van der Waals surface area contributed by atoms with Crippen molar-refractivity contribution in [3.05, 3.63) is 58.1 Å². The van der Waals surface area contributed by atoms with Crippen LogP contribution in [0.4, 0.5) is 16.2 Å². The fourth-order valence-electron chi connectivity index (χ4n) is 2.67. The average Bonchev–Trinajstić information content (AvgIpc) is 2.68. The summed E-state index contributed by atoms with van der Waals surface area (Å²) in [6.07, 6.45) is 0.444. The zero-order valence-corrected chi connectivity index (χ0v) is 18.4. The Labute approximate surface area is 185 Å². The summed E-state index contributed by atoms with van der Waals surface area (Å²) >= 11 is 12.0. The molecule has 0 aromatic heterocycles. The number of carbonyl (C=O) groups is 3. The molecule has 30 heavy (non-hydrogen) atoms. The normalized spacial score (nSPS) is 11.5. The third-order valence-corrected chi connectivity index (χ3v) is 4.69. The van der Waals surface area contributed by atoms with Crippen molar-refractivity contribution in [2.45, 2.75) is 26.3 Å². The molecule has 0 aliphatic rings. The fourth-order valence-corrected chi connectivity index (χ4v) is 3.17. The van der Waals surface area contributed by atoms with E-state index in [0.29, 0.717) is 22.8 Å². The molecule has 0 radical (unpaired) electrons. The first-order chi connectivity index (χ1) is 14.2. The standard InChI is InChI=1S/C21H24Cl2N4O3/c1-12(2)10-18(27-19(28)16-9-4-13(22)11-17(16)23)20(29)25-14-5-7-15(8-6-14)26-21(30)24-3/h4-9,11-12,18H,10H2,1-3H3,(H,25,29)(H,27,28)(H2,24,26,30). The van der Waals surface area contributed by atoms with Gasteiger partial charge in [0.1, 0.15) is 6.04 Å². The first-order valence-electron chi connectivity index (χ1n) is 9.35. The average molecular weight is 451 g/mol. The summed E-state index contributed by atoms with van der Waals surface area (Å²) < 4.78 is 0. The number of halogens is 2. The first kappa shape index (κ1) is 23.5. The molecule has 7 nitrogen and oxygen atoms in total.